The minimum absolute atomic E-state index is 0.00336. The molecular weight excluding hydrogens is 1020 g/mol. The first kappa shape index (κ1) is 56.8. The van der Waals surface area contributed by atoms with E-state index in [-0.39, 0.29) is 97.0 Å². The number of benzene rings is 4. The molecule has 18 nitrogen and oxygen atoms in total. The maximum atomic E-state index is 15.3. The van der Waals surface area contributed by atoms with E-state index in [0.717, 1.165) is 57.1 Å². The van der Waals surface area contributed by atoms with Gasteiger partial charge in [0.15, 0.2) is 34.7 Å². The molecule has 78 heavy (non-hydrogen) atoms. The van der Waals surface area contributed by atoms with Crippen LogP contribution in [-0.2, 0) is 28.6 Å². The van der Waals surface area contributed by atoms with Gasteiger partial charge < -0.3 is 42.0 Å². The van der Waals surface area contributed by atoms with E-state index in [4.69, 9.17) is 42.0 Å². The third-order valence-electron chi connectivity index (χ3n) is 11.7. The molecule has 0 unspecified atom stereocenters. The fraction of sp³-hybridized carbons (Fsp3) is 0.316. The molecule has 0 saturated heterocycles. The van der Waals surface area contributed by atoms with E-state index in [1.807, 2.05) is 0 Å². The minimum atomic E-state index is -0.638. The van der Waals surface area contributed by atoms with E-state index in [2.05, 4.69) is 50.2 Å². The number of esters is 3. The van der Waals surface area contributed by atoms with Crippen LogP contribution in [0.5, 0.6) is 17.2 Å². The zero-order valence-electron chi connectivity index (χ0n) is 42.7. The molecule has 3 heterocycles. The van der Waals surface area contributed by atoms with Crippen molar-refractivity contribution < 1.29 is 69.5 Å². The molecule has 0 spiro atoms. The Bertz CT molecular complexity index is 3010. The van der Waals surface area contributed by atoms with E-state index in [0.29, 0.717) is 78.5 Å². The molecule has 0 N–H and O–H groups in total. The maximum absolute atomic E-state index is 15.3. The van der Waals surface area contributed by atoms with Gasteiger partial charge in [0.2, 0.25) is 17.5 Å². The zero-order chi connectivity index (χ0) is 55.1. The third kappa shape index (κ3) is 16.8. The summed E-state index contributed by atoms with van der Waals surface area (Å²) in [6, 6.07) is 17.8. The summed E-state index contributed by atoms with van der Waals surface area (Å²) in [5.74, 6) is -2.72. The van der Waals surface area contributed by atoms with Gasteiger partial charge in [-0.2, -0.15) is 15.0 Å². The van der Waals surface area contributed by atoms with Crippen molar-refractivity contribution >= 4 is 17.9 Å². The van der Waals surface area contributed by atoms with Crippen LogP contribution in [0.3, 0.4) is 0 Å². The van der Waals surface area contributed by atoms with Crippen LogP contribution in [-0.4, -0.2) is 74.8 Å². The fourth-order valence-corrected chi connectivity index (χ4v) is 7.73. The predicted octanol–water partition coefficient (Wildman–Crippen LogP) is 13.0. The van der Waals surface area contributed by atoms with Crippen LogP contribution < -0.4 is 14.2 Å². The summed E-state index contributed by atoms with van der Waals surface area (Å²) in [6.45, 7) is 11.2. The van der Waals surface area contributed by atoms with Gasteiger partial charge in [-0.1, -0.05) is 60.9 Å². The van der Waals surface area contributed by atoms with Gasteiger partial charge in [0.05, 0.1) is 39.0 Å². The van der Waals surface area contributed by atoms with Gasteiger partial charge >= 0.3 is 17.9 Å². The Kier molecular flexibility index (Phi) is 21.4. The normalized spacial score (nSPS) is 11.0. The number of nitrogens with zero attached hydrogens (tertiary/aromatic N) is 6. The Morgan fingerprint density at radius 2 is 0.769 bits per heavy atom. The number of aromatic nitrogens is 6. The molecular formula is C57H57F3N6O12. The lowest BCUT2D eigenvalue weighted by Crippen LogP contribution is -2.02. The number of halogens is 3. The van der Waals surface area contributed by atoms with Gasteiger partial charge in [-0.15, -0.1) is 0 Å². The molecule has 21 heteroatoms. The predicted molar refractivity (Wildman–Crippen MR) is 277 cm³/mol. The lowest BCUT2D eigenvalue weighted by Gasteiger charge is -2.08. The molecule has 0 saturated carbocycles. The summed E-state index contributed by atoms with van der Waals surface area (Å²) in [5, 5.41) is 12.3. The number of hydrogen-bond donors (Lipinski definition) is 0. The highest BCUT2D eigenvalue weighted by Gasteiger charge is 2.22. The second-order valence-electron chi connectivity index (χ2n) is 17.5. The van der Waals surface area contributed by atoms with E-state index in [1.54, 1.807) is 36.4 Å². The average Bonchev–Trinajstić information content (AvgIpc) is 4.28. The van der Waals surface area contributed by atoms with Crippen molar-refractivity contribution in [1.29, 1.82) is 0 Å². The Morgan fingerprint density at radius 1 is 0.436 bits per heavy atom. The van der Waals surface area contributed by atoms with E-state index >= 15 is 13.2 Å². The third-order valence-corrected chi connectivity index (χ3v) is 11.7. The quantitative estimate of drug-likeness (QED) is 0.0123. The Hall–Kier alpha value is -8.88. The molecule has 4 aromatic carbocycles. The molecule has 7 rings (SSSR count). The molecule has 3 aromatic heterocycles. The molecule has 0 bridgehead atoms. The number of rotatable bonds is 33. The molecule has 7 aromatic rings. The van der Waals surface area contributed by atoms with Crippen LogP contribution in [0.2, 0.25) is 0 Å². The highest BCUT2D eigenvalue weighted by molar-refractivity contribution is 5.81. The Morgan fingerprint density at radius 3 is 1.09 bits per heavy atom. The fourth-order valence-electron chi connectivity index (χ4n) is 7.73. The topological polar surface area (TPSA) is 223 Å². The van der Waals surface area contributed by atoms with Crippen LogP contribution in [0.1, 0.15) is 89.9 Å². The highest BCUT2D eigenvalue weighted by Crippen LogP contribution is 2.35. The molecule has 0 fully saturated rings. The highest BCUT2D eigenvalue weighted by atomic mass is 19.1. The molecule has 0 amide bonds. The van der Waals surface area contributed by atoms with Gasteiger partial charge in [-0.05, 0) is 124 Å². The van der Waals surface area contributed by atoms with Crippen molar-refractivity contribution in [2.75, 3.05) is 26.4 Å². The molecule has 408 valence electrons. The summed E-state index contributed by atoms with van der Waals surface area (Å²) in [6.07, 6.45) is 12.6. The van der Waals surface area contributed by atoms with Crippen molar-refractivity contribution in [3.05, 3.63) is 129 Å². The van der Waals surface area contributed by atoms with Crippen molar-refractivity contribution in [3.8, 4) is 85.8 Å². The smallest absolute Gasteiger partial charge is 0.330 e. The van der Waals surface area contributed by atoms with E-state index in [1.165, 1.54) is 36.4 Å². The molecule has 0 aliphatic carbocycles. The van der Waals surface area contributed by atoms with Gasteiger partial charge in [-0.25, -0.2) is 18.0 Å². The van der Waals surface area contributed by atoms with Crippen LogP contribution in [0.4, 0.5) is 13.2 Å². The van der Waals surface area contributed by atoms with Crippen molar-refractivity contribution in [2.45, 2.75) is 89.9 Å². The first-order chi connectivity index (χ1) is 38.0. The standard InChI is InChI=1S/C57H57F3N6O12/c1-4-49(67)75-30-18-12-11-17-29-74-48-26-23-39(36-45(48)60)54-63-57(78-66-54)42-32-40(55-61-52(64-76-55)37-21-24-46(43(58)34-37)72-27-15-9-7-13-19-50(68)70-5-2)31-41(33-42)56-62-53(65-77-56)38-22-25-47(44(59)35-38)73-28-16-10-8-14-20-51(69)71-6-3/h4-6,21-26,31-36H,1-3,7-20,27-30H2. The summed E-state index contributed by atoms with van der Waals surface area (Å²) < 4.78 is 94.6. The Labute approximate surface area is 447 Å². The summed E-state index contributed by atoms with van der Waals surface area (Å²) in [7, 11) is 0. The minimum Gasteiger partial charge on any atom is -0.491 e. The number of ether oxygens (including phenoxy) is 6. The van der Waals surface area contributed by atoms with Crippen molar-refractivity contribution in [2.24, 2.45) is 0 Å². The van der Waals surface area contributed by atoms with Gasteiger partial charge in [-0.3, -0.25) is 9.59 Å². The van der Waals surface area contributed by atoms with Crippen molar-refractivity contribution in [3.63, 3.8) is 0 Å². The monoisotopic (exact) mass is 1070 g/mol. The number of carbonyl (C=O) groups is 3. The lowest BCUT2D eigenvalue weighted by molar-refractivity contribution is -0.139. The number of hydrogen-bond acceptors (Lipinski definition) is 18. The summed E-state index contributed by atoms with van der Waals surface area (Å²) in [5.41, 5.74) is 1.87. The van der Waals surface area contributed by atoms with E-state index in [9.17, 15) is 14.4 Å². The van der Waals surface area contributed by atoms with Gasteiger partial charge in [0.1, 0.15) is 0 Å². The molecule has 0 aliphatic rings. The first-order valence-corrected chi connectivity index (χ1v) is 25.4. The molecule has 0 aliphatic heterocycles. The second kappa shape index (κ2) is 29.4. The second-order valence-corrected chi connectivity index (χ2v) is 17.5. The average molecular weight is 1080 g/mol. The van der Waals surface area contributed by atoms with Gasteiger partial charge in [0.25, 0.3) is 17.7 Å². The zero-order valence-corrected chi connectivity index (χ0v) is 42.7. The first-order valence-electron chi connectivity index (χ1n) is 25.4. The largest absolute Gasteiger partial charge is 0.491 e. The van der Waals surface area contributed by atoms with Crippen LogP contribution in [0, 0.1) is 17.5 Å². The maximum Gasteiger partial charge on any atom is 0.330 e. The number of carbonyl (C=O) groups excluding carboxylic acids is 3. The molecule has 0 radical (unpaired) electrons. The van der Waals surface area contributed by atoms with Crippen LogP contribution in [0.15, 0.2) is 125 Å². The van der Waals surface area contributed by atoms with Crippen LogP contribution in [0.25, 0.3) is 68.5 Å². The summed E-state index contributed by atoms with van der Waals surface area (Å²) >= 11 is 0. The lowest BCUT2D eigenvalue weighted by atomic mass is 10.0. The van der Waals surface area contributed by atoms with Crippen LogP contribution >= 0.6 is 0 Å². The summed E-state index contributed by atoms with van der Waals surface area (Å²) in [4.78, 5) is 47.9. The Balaban J connectivity index is 1.05. The number of unbranched alkanes of at least 4 members (excludes halogenated alkanes) is 9. The van der Waals surface area contributed by atoms with E-state index < -0.39 is 23.4 Å². The molecule has 0 atom stereocenters. The van der Waals surface area contributed by atoms with Crippen molar-refractivity contribution in [1.82, 2.24) is 30.4 Å². The SMILES string of the molecule is C=COC(=O)CCCCCCOc1ccc(-c2noc(-c3cc(-c4nc(-c5ccc(OCCCCCCOC(=O)C=C)c(F)c5)no4)cc(-c4nc(-c5ccc(OCCCCCCC(=O)OC=C)c(F)c5)no4)c3)n2)cc1F. The van der Waals surface area contributed by atoms with Gasteiger partial charge in [0, 0.05) is 52.3 Å².